The van der Waals surface area contributed by atoms with Crippen molar-refractivity contribution in [1.29, 1.82) is 0 Å². The summed E-state index contributed by atoms with van der Waals surface area (Å²) in [4.78, 5) is 26.0. The van der Waals surface area contributed by atoms with Gasteiger partial charge in [0.15, 0.2) is 0 Å². The summed E-state index contributed by atoms with van der Waals surface area (Å²) in [7, 11) is 0. The zero-order chi connectivity index (χ0) is 20.5. The normalized spacial score (nSPS) is 17.1. The number of nitrogens with zero attached hydrogens (tertiary/aromatic N) is 1. The molecule has 2 amide bonds. The van der Waals surface area contributed by atoms with Crippen LogP contribution >= 0.6 is 11.6 Å². The SMILES string of the molecule is O=C(Nc1cc(Cl)ccc1O)C1CC(=O)N(Cc2cccc(C(F)(F)F)c2)C1. The minimum Gasteiger partial charge on any atom is -0.506 e. The van der Waals surface area contributed by atoms with E-state index in [0.717, 1.165) is 12.1 Å². The quantitative estimate of drug-likeness (QED) is 0.744. The van der Waals surface area contributed by atoms with Gasteiger partial charge in [-0.1, -0.05) is 23.7 Å². The van der Waals surface area contributed by atoms with Crippen molar-refractivity contribution in [1.82, 2.24) is 4.90 Å². The van der Waals surface area contributed by atoms with Gasteiger partial charge < -0.3 is 15.3 Å². The predicted molar refractivity (Wildman–Crippen MR) is 96.7 cm³/mol. The molecule has 0 saturated carbocycles. The molecule has 9 heteroatoms. The highest BCUT2D eigenvalue weighted by atomic mass is 35.5. The van der Waals surface area contributed by atoms with Gasteiger partial charge in [0, 0.05) is 24.5 Å². The van der Waals surface area contributed by atoms with E-state index in [1.54, 1.807) is 0 Å². The Bertz CT molecular complexity index is 918. The molecule has 1 aliphatic heterocycles. The minimum absolute atomic E-state index is 0.0189. The maximum Gasteiger partial charge on any atom is 0.416 e. The number of aromatic hydroxyl groups is 1. The highest BCUT2D eigenvalue weighted by Crippen LogP contribution is 2.31. The van der Waals surface area contributed by atoms with Gasteiger partial charge >= 0.3 is 6.18 Å². The number of hydrogen-bond acceptors (Lipinski definition) is 3. The number of likely N-dealkylation sites (tertiary alicyclic amines) is 1. The fraction of sp³-hybridized carbons (Fsp3) is 0.263. The molecular weight excluding hydrogens is 397 g/mol. The summed E-state index contributed by atoms with van der Waals surface area (Å²) < 4.78 is 38.5. The van der Waals surface area contributed by atoms with E-state index >= 15 is 0 Å². The van der Waals surface area contributed by atoms with Crippen molar-refractivity contribution in [2.24, 2.45) is 5.92 Å². The Hall–Kier alpha value is -2.74. The molecule has 148 valence electrons. The first-order valence-electron chi connectivity index (χ1n) is 8.37. The van der Waals surface area contributed by atoms with Crippen molar-refractivity contribution in [3.8, 4) is 5.75 Å². The van der Waals surface area contributed by atoms with E-state index in [0.29, 0.717) is 10.6 Å². The molecule has 1 unspecified atom stereocenters. The molecule has 1 fully saturated rings. The topological polar surface area (TPSA) is 69.6 Å². The van der Waals surface area contributed by atoms with Gasteiger partial charge in [-0.15, -0.1) is 0 Å². The highest BCUT2D eigenvalue weighted by molar-refractivity contribution is 6.31. The van der Waals surface area contributed by atoms with Crippen LogP contribution in [-0.2, 0) is 22.3 Å². The fourth-order valence-electron chi connectivity index (χ4n) is 3.01. The van der Waals surface area contributed by atoms with Gasteiger partial charge in [0.2, 0.25) is 11.8 Å². The van der Waals surface area contributed by atoms with Crippen molar-refractivity contribution in [2.45, 2.75) is 19.1 Å². The van der Waals surface area contributed by atoms with Crippen molar-refractivity contribution in [3.63, 3.8) is 0 Å². The molecule has 2 aromatic rings. The van der Waals surface area contributed by atoms with E-state index in [2.05, 4.69) is 5.32 Å². The van der Waals surface area contributed by atoms with Crippen LogP contribution in [-0.4, -0.2) is 28.4 Å². The van der Waals surface area contributed by atoms with E-state index in [1.165, 1.54) is 35.2 Å². The van der Waals surface area contributed by atoms with Gasteiger partial charge in [0.1, 0.15) is 5.75 Å². The molecule has 5 nitrogen and oxygen atoms in total. The van der Waals surface area contributed by atoms with E-state index < -0.39 is 23.6 Å². The number of alkyl halides is 3. The number of rotatable bonds is 4. The van der Waals surface area contributed by atoms with E-state index in [9.17, 15) is 27.9 Å². The Labute approximate surface area is 163 Å². The van der Waals surface area contributed by atoms with E-state index in [1.807, 2.05) is 0 Å². The molecule has 1 heterocycles. The Morgan fingerprint density at radius 3 is 2.71 bits per heavy atom. The molecule has 2 N–H and O–H groups in total. The smallest absolute Gasteiger partial charge is 0.416 e. The molecule has 0 bridgehead atoms. The molecule has 28 heavy (non-hydrogen) atoms. The molecule has 0 radical (unpaired) electrons. The number of phenols is 1. The zero-order valence-electron chi connectivity index (χ0n) is 14.5. The summed E-state index contributed by atoms with van der Waals surface area (Å²) in [5.41, 5.74) is -0.333. The lowest BCUT2D eigenvalue weighted by Gasteiger charge is -2.18. The first-order valence-corrected chi connectivity index (χ1v) is 8.74. The molecule has 1 aliphatic rings. The summed E-state index contributed by atoms with van der Waals surface area (Å²) in [6.07, 6.45) is -4.53. The van der Waals surface area contributed by atoms with E-state index in [4.69, 9.17) is 11.6 Å². The van der Waals surface area contributed by atoms with Crippen LogP contribution in [0, 0.1) is 5.92 Å². The number of carbonyl (C=O) groups is 2. The first-order chi connectivity index (χ1) is 13.1. The van der Waals surface area contributed by atoms with Crippen molar-refractivity contribution >= 4 is 29.1 Å². The molecule has 3 rings (SSSR count). The molecule has 0 aromatic heterocycles. The number of halogens is 4. The standard InChI is InChI=1S/C19H16ClF3N2O3/c20-14-4-5-16(26)15(8-14)24-18(28)12-7-17(27)25(10-12)9-11-2-1-3-13(6-11)19(21,22)23/h1-6,8,12,26H,7,9-10H2,(H,24,28). The van der Waals surface area contributed by atoms with Crippen LogP contribution in [0.2, 0.25) is 5.02 Å². The van der Waals surface area contributed by atoms with Crippen LogP contribution in [0.3, 0.4) is 0 Å². The second-order valence-electron chi connectivity index (χ2n) is 6.52. The molecule has 2 aromatic carbocycles. The van der Waals surface area contributed by atoms with Crippen LogP contribution in [0.1, 0.15) is 17.5 Å². The molecule has 1 saturated heterocycles. The second kappa shape index (κ2) is 7.71. The van der Waals surface area contributed by atoms with Crippen molar-refractivity contribution in [3.05, 3.63) is 58.6 Å². The van der Waals surface area contributed by atoms with Crippen LogP contribution < -0.4 is 5.32 Å². The Balaban J connectivity index is 1.66. The summed E-state index contributed by atoms with van der Waals surface area (Å²) in [5, 5.41) is 12.6. The minimum atomic E-state index is -4.47. The third-order valence-corrected chi connectivity index (χ3v) is 4.66. The molecule has 1 atom stereocenters. The lowest BCUT2D eigenvalue weighted by Crippen LogP contribution is -2.28. The van der Waals surface area contributed by atoms with Crippen LogP contribution in [0.4, 0.5) is 18.9 Å². The monoisotopic (exact) mass is 412 g/mol. The fourth-order valence-corrected chi connectivity index (χ4v) is 3.18. The number of carbonyl (C=O) groups excluding carboxylic acids is 2. The van der Waals surface area contributed by atoms with Gasteiger partial charge in [-0.05, 0) is 35.9 Å². The predicted octanol–water partition coefficient (Wildman–Crippen LogP) is 4.05. The molecule has 0 aliphatic carbocycles. The van der Waals surface area contributed by atoms with Crippen LogP contribution in [0.25, 0.3) is 0 Å². The third kappa shape index (κ3) is 4.56. The van der Waals surface area contributed by atoms with Crippen molar-refractivity contribution in [2.75, 3.05) is 11.9 Å². The summed E-state index contributed by atoms with van der Waals surface area (Å²) in [5.74, 6) is -1.65. The maximum absolute atomic E-state index is 12.8. The van der Waals surface area contributed by atoms with Gasteiger partial charge in [0.25, 0.3) is 0 Å². The largest absolute Gasteiger partial charge is 0.506 e. The zero-order valence-corrected chi connectivity index (χ0v) is 15.2. The number of amides is 2. The summed E-state index contributed by atoms with van der Waals surface area (Å²) in [6, 6.07) is 8.91. The second-order valence-corrected chi connectivity index (χ2v) is 6.96. The maximum atomic E-state index is 12.8. The Kier molecular flexibility index (Phi) is 5.51. The van der Waals surface area contributed by atoms with Gasteiger partial charge in [-0.2, -0.15) is 13.2 Å². The van der Waals surface area contributed by atoms with Crippen LogP contribution in [0.5, 0.6) is 5.75 Å². The third-order valence-electron chi connectivity index (χ3n) is 4.43. The number of phenolic OH excluding ortho intramolecular Hbond substituents is 1. The summed E-state index contributed by atoms with van der Waals surface area (Å²) in [6.45, 7) is 0.0528. The van der Waals surface area contributed by atoms with Gasteiger partial charge in [0.05, 0.1) is 17.2 Å². The van der Waals surface area contributed by atoms with E-state index in [-0.39, 0.29) is 36.9 Å². The summed E-state index contributed by atoms with van der Waals surface area (Å²) >= 11 is 5.84. The average molecular weight is 413 g/mol. The number of benzene rings is 2. The van der Waals surface area contributed by atoms with Gasteiger partial charge in [-0.3, -0.25) is 9.59 Å². The van der Waals surface area contributed by atoms with Crippen molar-refractivity contribution < 1.29 is 27.9 Å². The lowest BCUT2D eigenvalue weighted by molar-refractivity contribution is -0.137. The van der Waals surface area contributed by atoms with Crippen LogP contribution in [0.15, 0.2) is 42.5 Å². The van der Waals surface area contributed by atoms with Gasteiger partial charge in [-0.25, -0.2) is 0 Å². The lowest BCUT2D eigenvalue weighted by atomic mass is 10.1. The number of hydrogen-bond donors (Lipinski definition) is 2. The Morgan fingerprint density at radius 2 is 2.00 bits per heavy atom. The molecular formula is C19H16ClF3N2O3. The molecule has 0 spiro atoms. The highest BCUT2D eigenvalue weighted by Gasteiger charge is 2.35. The first kappa shape index (κ1) is 20.0. The number of nitrogens with one attached hydrogen (secondary N) is 1. The average Bonchev–Trinajstić information content (AvgIpc) is 2.98. The Morgan fingerprint density at radius 1 is 1.25 bits per heavy atom. The number of anilines is 1.